The standard InChI is InChI=1S/C32H35NO7S/c1-37-29-17-14-26(22-24-12-15-27(16-13-24)41(35,36)33-19-18-31(34)38-2)32-28(29)10-6-11-30(32)40-21-7-20-39-23-25-8-4-3-5-9-25/h3-6,8-17,33H,7,18-23H2,1-2H3. The van der Waals surface area contributed by atoms with Crippen molar-refractivity contribution in [3.05, 3.63) is 102 Å². The summed E-state index contributed by atoms with van der Waals surface area (Å²) < 4.78 is 49.8. The maximum atomic E-state index is 12.6. The van der Waals surface area contributed by atoms with E-state index in [1.807, 2.05) is 60.7 Å². The first-order valence-electron chi connectivity index (χ1n) is 13.4. The van der Waals surface area contributed by atoms with Crippen LogP contribution >= 0.6 is 0 Å². The highest BCUT2D eigenvalue weighted by atomic mass is 32.2. The van der Waals surface area contributed by atoms with Gasteiger partial charge in [-0.05, 0) is 47.4 Å². The molecular weight excluding hydrogens is 542 g/mol. The Balaban J connectivity index is 1.44. The number of nitrogens with one attached hydrogen (secondary N) is 1. The number of carbonyl (C=O) groups is 1. The van der Waals surface area contributed by atoms with Crippen molar-refractivity contribution in [1.29, 1.82) is 0 Å². The number of benzene rings is 4. The van der Waals surface area contributed by atoms with Gasteiger partial charge >= 0.3 is 5.97 Å². The van der Waals surface area contributed by atoms with Gasteiger partial charge in [-0.2, -0.15) is 0 Å². The SMILES string of the molecule is COC(=O)CCNS(=O)(=O)c1ccc(Cc2ccc(OC)c3cccc(OCCCOCc4ccccc4)c23)cc1. The third-order valence-corrected chi connectivity index (χ3v) is 8.02. The Hall–Kier alpha value is -3.92. The van der Waals surface area contributed by atoms with Crippen LogP contribution in [-0.4, -0.2) is 48.4 Å². The van der Waals surface area contributed by atoms with Crippen molar-refractivity contribution in [2.45, 2.75) is 30.8 Å². The maximum Gasteiger partial charge on any atom is 0.306 e. The minimum absolute atomic E-state index is 0.0312. The number of hydrogen-bond acceptors (Lipinski definition) is 7. The fourth-order valence-electron chi connectivity index (χ4n) is 4.45. The predicted molar refractivity (Wildman–Crippen MR) is 158 cm³/mol. The molecule has 1 N–H and O–H groups in total. The monoisotopic (exact) mass is 577 g/mol. The lowest BCUT2D eigenvalue weighted by Crippen LogP contribution is -2.26. The number of hydrogen-bond donors (Lipinski definition) is 1. The molecule has 0 saturated heterocycles. The lowest BCUT2D eigenvalue weighted by Gasteiger charge is -2.16. The molecule has 0 atom stereocenters. The molecule has 0 bridgehead atoms. The van der Waals surface area contributed by atoms with Crippen LogP contribution in [0.5, 0.6) is 11.5 Å². The minimum Gasteiger partial charge on any atom is -0.496 e. The summed E-state index contributed by atoms with van der Waals surface area (Å²) in [5, 5.41) is 1.90. The van der Waals surface area contributed by atoms with Gasteiger partial charge in [-0.1, -0.05) is 60.7 Å². The lowest BCUT2D eigenvalue weighted by molar-refractivity contribution is -0.140. The molecule has 0 aromatic heterocycles. The molecule has 0 unspecified atom stereocenters. The number of methoxy groups -OCH3 is 2. The summed E-state index contributed by atoms with van der Waals surface area (Å²) in [5.41, 5.74) is 3.11. The molecule has 4 aromatic rings. The molecule has 216 valence electrons. The molecule has 0 heterocycles. The van der Waals surface area contributed by atoms with Crippen LogP contribution in [0.15, 0.2) is 89.8 Å². The Morgan fingerprint density at radius 1 is 0.805 bits per heavy atom. The van der Waals surface area contributed by atoms with E-state index in [0.717, 1.165) is 45.4 Å². The summed E-state index contributed by atoms with van der Waals surface area (Å²) in [6, 6.07) is 26.6. The maximum absolute atomic E-state index is 12.6. The molecule has 0 aliphatic carbocycles. The largest absolute Gasteiger partial charge is 0.496 e. The summed E-state index contributed by atoms with van der Waals surface area (Å²) in [4.78, 5) is 11.4. The van der Waals surface area contributed by atoms with Gasteiger partial charge in [0, 0.05) is 23.7 Å². The molecule has 0 amide bonds. The van der Waals surface area contributed by atoms with Crippen molar-refractivity contribution >= 4 is 26.8 Å². The van der Waals surface area contributed by atoms with Crippen LogP contribution in [0, 0.1) is 0 Å². The van der Waals surface area contributed by atoms with Gasteiger partial charge in [-0.15, -0.1) is 0 Å². The van der Waals surface area contributed by atoms with E-state index in [2.05, 4.69) is 9.46 Å². The van der Waals surface area contributed by atoms with E-state index in [1.54, 1.807) is 31.4 Å². The smallest absolute Gasteiger partial charge is 0.306 e. The molecule has 0 aliphatic rings. The summed E-state index contributed by atoms with van der Waals surface area (Å²) >= 11 is 0. The normalized spacial score (nSPS) is 11.4. The van der Waals surface area contributed by atoms with Crippen LogP contribution in [0.25, 0.3) is 10.8 Å². The van der Waals surface area contributed by atoms with Gasteiger partial charge < -0.3 is 18.9 Å². The van der Waals surface area contributed by atoms with Crippen molar-refractivity contribution < 1.29 is 32.2 Å². The zero-order chi connectivity index (χ0) is 29.1. The summed E-state index contributed by atoms with van der Waals surface area (Å²) in [7, 11) is -0.835. The number of esters is 1. The summed E-state index contributed by atoms with van der Waals surface area (Å²) in [6.07, 6.45) is 1.27. The molecule has 8 nitrogen and oxygen atoms in total. The van der Waals surface area contributed by atoms with Gasteiger partial charge in [0.05, 0.1) is 45.4 Å². The van der Waals surface area contributed by atoms with Crippen LogP contribution in [-0.2, 0) is 37.3 Å². The molecule has 0 radical (unpaired) electrons. The van der Waals surface area contributed by atoms with Crippen LogP contribution < -0.4 is 14.2 Å². The second-order valence-electron chi connectivity index (χ2n) is 9.39. The van der Waals surface area contributed by atoms with Crippen LogP contribution in [0.1, 0.15) is 29.5 Å². The van der Waals surface area contributed by atoms with Gasteiger partial charge in [0.15, 0.2) is 0 Å². The average molecular weight is 578 g/mol. The summed E-state index contributed by atoms with van der Waals surface area (Å²) in [6.45, 7) is 1.62. The zero-order valence-corrected chi connectivity index (χ0v) is 24.1. The van der Waals surface area contributed by atoms with Crippen LogP contribution in [0.4, 0.5) is 0 Å². The Bertz CT molecular complexity index is 1540. The molecule has 0 fully saturated rings. The Morgan fingerprint density at radius 2 is 1.59 bits per heavy atom. The van der Waals surface area contributed by atoms with Gasteiger partial charge in [0.1, 0.15) is 11.5 Å². The Labute approximate surface area is 241 Å². The molecule has 0 spiro atoms. The zero-order valence-electron chi connectivity index (χ0n) is 23.3. The van der Waals surface area contributed by atoms with E-state index in [1.165, 1.54) is 7.11 Å². The van der Waals surface area contributed by atoms with Crippen molar-refractivity contribution in [2.75, 3.05) is 34.0 Å². The minimum atomic E-state index is -3.74. The van der Waals surface area contributed by atoms with Crippen molar-refractivity contribution in [3.8, 4) is 11.5 Å². The quantitative estimate of drug-likeness (QED) is 0.152. The highest BCUT2D eigenvalue weighted by molar-refractivity contribution is 7.89. The van der Waals surface area contributed by atoms with Crippen LogP contribution in [0.2, 0.25) is 0 Å². The molecule has 41 heavy (non-hydrogen) atoms. The van der Waals surface area contributed by atoms with E-state index < -0.39 is 16.0 Å². The molecule has 9 heteroatoms. The molecule has 4 aromatic carbocycles. The first-order valence-corrected chi connectivity index (χ1v) is 14.9. The fraction of sp³-hybridized carbons (Fsp3) is 0.281. The number of sulfonamides is 1. The topological polar surface area (TPSA) is 100 Å². The third kappa shape index (κ3) is 8.29. The number of carbonyl (C=O) groups excluding carboxylic acids is 1. The van der Waals surface area contributed by atoms with E-state index in [9.17, 15) is 13.2 Å². The second-order valence-corrected chi connectivity index (χ2v) is 11.2. The fourth-order valence-corrected chi connectivity index (χ4v) is 5.48. The Morgan fingerprint density at radius 3 is 2.32 bits per heavy atom. The number of fused-ring (bicyclic) bond motifs is 1. The van der Waals surface area contributed by atoms with Crippen molar-refractivity contribution in [3.63, 3.8) is 0 Å². The van der Waals surface area contributed by atoms with Crippen molar-refractivity contribution in [2.24, 2.45) is 0 Å². The molecule has 0 saturated carbocycles. The third-order valence-electron chi connectivity index (χ3n) is 6.55. The van der Waals surface area contributed by atoms with E-state index in [-0.39, 0.29) is 17.9 Å². The molecule has 0 aliphatic heterocycles. The van der Waals surface area contributed by atoms with Gasteiger partial charge in [0.25, 0.3) is 0 Å². The molecule has 4 rings (SSSR count). The van der Waals surface area contributed by atoms with Gasteiger partial charge in [-0.25, -0.2) is 13.1 Å². The first-order chi connectivity index (χ1) is 19.9. The number of ether oxygens (including phenoxy) is 4. The number of rotatable bonds is 15. The van der Waals surface area contributed by atoms with E-state index in [4.69, 9.17) is 14.2 Å². The highest BCUT2D eigenvalue weighted by Gasteiger charge is 2.16. The highest BCUT2D eigenvalue weighted by Crippen LogP contribution is 2.36. The van der Waals surface area contributed by atoms with E-state index >= 15 is 0 Å². The first kappa shape index (κ1) is 30.0. The lowest BCUT2D eigenvalue weighted by atomic mass is 9.97. The predicted octanol–water partition coefficient (Wildman–Crippen LogP) is 5.27. The second kappa shape index (κ2) is 14.6. The van der Waals surface area contributed by atoms with Crippen LogP contribution in [0.3, 0.4) is 0 Å². The van der Waals surface area contributed by atoms with Gasteiger partial charge in [-0.3, -0.25) is 4.79 Å². The van der Waals surface area contributed by atoms with Crippen molar-refractivity contribution in [1.82, 2.24) is 4.72 Å². The average Bonchev–Trinajstić information content (AvgIpc) is 2.99. The van der Waals surface area contributed by atoms with Gasteiger partial charge in [0.2, 0.25) is 10.0 Å². The Kier molecular flexibility index (Phi) is 10.7. The van der Waals surface area contributed by atoms with E-state index in [0.29, 0.717) is 26.2 Å². The summed E-state index contributed by atoms with van der Waals surface area (Å²) in [5.74, 6) is 1.03. The molecular formula is C32H35NO7S.